The number of likely N-dealkylation sites (tertiary alicyclic amines) is 1. The number of carbonyl (C=O) groups is 3. The molecule has 0 bridgehead atoms. The SMILES string of the molecule is CC(C)(CO)C(=O)OCOC(=O)[C@@H]1C[C@@H](C2CCCCC2)CN1C(=O)C[PH](=O)CCCCc1ccccc1. The number of amides is 1. The van der Waals surface area contributed by atoms with Gasteiger partial charge < -0.3 is 24.0 Å². The maximum Gasteiger partial charge on any atom is 0.331 e. The van der Waals surface area contributed by atoms with E-state index in [0.29, 0.717) is 25.0 Å². The summed E-state index contributed by atoms with van der Waals surface area (Å²) in [6.45, 7) is 2.59. The number of hydrogen-bond acceptors (Lipinski definition) is 7. The Bertz CT molecular complexity index is 946. The lowest BCUT2D eigenvalue weighted by Crippen LogP contribution is -2.43. The molecule has 38 heavy (non-hydrogen) atoms. The van der Waals surface area contributed by atoms with Crippen LogP contribution in [-0.2, 0) is 34.8 Å². The normalized spacial score (nSPS) is 21.2. The molecule has 9 heteroatoms. The van der Waals surface area contributed by atoms with E-state index in [-0.39, 0.29) is 24.6 Å². The minimum atomic E-state index is -2.10. The number of rotatable bonds is 13. The van der Waals surface area contributed by atoms with Crippen LogP contribution >= 0.6 is 7.80 Å². The molecule has 1 heterocycles. The standard InChI is InChI=1S/C29H44NO7P/c1-29(2,20-31)28(34)37-21-36-27(33)25-17-24(23-14-7-4-8-15-23)18-30(25)26(32)19-38(35)16-10-9-13-22-11-5-3-6-12-22/h3,5-6,11-12,23-25,31,38H,4,7-10,13-21H2,1-2H3/t24-,25+/m1/s1. The van der Waals surface area contributed by atoms with Gasteiger partial charge in [-0.25, -0.2) is 4.79 Å². The van der Waals surface area contributed by atoms with E-state index in [1.165, 1.54) is 25.8 Å². The van der Waals surface area contributed by atoms with Gasteiger partial charge in [0, 0.05) is 6.54 Å². The van der Waals surface area contributed by atoms with Crippen molar-refractivity contribution >= 4 is 25.6 Å². The topological polar surface area (TPSA) is 110 Å². The number of esters is 2. The summed E-state index contributed by atoms with van der Waals surface area (Å²) in [6, 6.07) is 9.40. The zero-order valence-corrected chi connectivity index (χ0v) is 23.9. The number of aliphatic hydroxyl groups is 1. The summed E-state index contributed by atoms with van der Waals surface area (Å²) in [5.41, 5.74) is 0.155. The van der Waals surface area contributed by atoms with Crippen LogP contribution in [0.5, 0.6) is 0 Å². The van der Waals surface area contributed by atoms with Crippen molar-refractivity contribution in [1.29, 1.82) is 0 Å². The Morgan fingerprint density at radius 2 is 1.74 bits per heavy atom. The van der Waals surface area contributed by atoms with Gasteiger partial charge in [-0.3, -0.25) is 9.59 Å². The van der Waals surface area contributed by atoms with Crippen LogP contribution in [0.25, 0.3) is 0 Å². The number of aryl methyl sites for hydroxylation is 1. The molecule has 3 atom stereocenters. The molecule has 212 valence electrons. The number of hydrogen-bond donors (Lipinski definition) is 1. The minimum Gasteiger partial charge on any atom is -0.427 e. The molecule has 1 aliphatic carbocycles. The molecule has 1 unspecified atom stereocenters. The fraction of sp³-hybridized carbons (Fsp3) is 0.690. The van der Waals surface area contributed by atoms with Crippen molar-refractivity contribution in [3.8, 4) is 0 Å². The lowest BCUT2D eigenvalue weighted by atomic mass is 9.79. The summed E-state index contributed by atoms with van der Waals surface area (Å²) >= 11 is 0. The molecule has 1 aromatic rings. The monoisotopic (exact) mass is 549 g/mol. The van der Waals surface area contributed by atoms with Crippen molar-refractivity contribution in [3.05, 3.63) is 35.9 Å². The van der Waals surface area contributed by atoms with Crippen molar-refractivity contribution in [2.24, 2.45) is 17.3 Å². The molecule has 2 fully saturated rings. The van der Waals surface area contributed by atoms with Gasteiger partial charge in [-0.15, -0.1) is 0 Å². The van der Waals surface area contributed by atoms with Gasteiger partial charge in [0.2, 0.25) is 12.7 Å². The van der Waals surface area contributed by atoms with Gasteiger partial charge in [0.25, 0.3) is 0 Å². The Labute approximate surface area is 227 Å². The van der Waals surface area contributed by atoms with Crippen LogP contribution < -0.4 is 0 Å². The van der Waals surface area contributed by atoms with Gasteiger partial charge in [-0.2, -0.15) is 0 Å². The zero-order chi connectivity index (χ0) is 27.5. The molecule has 1 saturated heterocycles. The molecule has 1 aliphatic heterocycles. The molecule has 0 aromatic heterocycles. The maximum absolute atomic E-state index is 13.2. The molecule has 1 saturated carbocycles. The van der Waals surface area contributed by atoms with Crippen LogP contribution in [0.3, 0.4) is 0 Å². The third-order valence-electron chi connectivity index (χ3n) is 7.94. The molecule has 0 spiro atoms. The summed E-state index contributed by atoms with van der Waals surface area (Å²) in [6.07, 6.45) is 9.39. The Morgan fingerprint density at radius 1 is 1.03 bits per heavy atom. The van der Waals surface area contributed by atoms with Crippen LogP contribution in [0.1, 0.15) is 70.8 Å². The fourth-order valence-corrected chi connectivity index (χ4v) is 6.83. The smallest absolute Gasteiger partial charge is 0.331 e. The molecule has 1 amide bonds. The molecule has 1 aromatic carbocycles. The summed E-state index contributed by atoms with van der Waals surface area (Å²) in [7, 11) is -2.10. The maximum atomic E-state index is 13.2. The number of benzene rings is 1. The van der Waals surface area contributed by atoms with E-state index in [0.717, 1.165) is 44.9 Å². The van der Waals surface area contributed by atoms with E-state index in [1.807, 2.05) is 18.2 Å². The Balaban J connectivity index is 1.53. The zero-order valence-electron chi connectivity index (χ0n) is 22.9. The van der Waals surface area contributed by atoms with Gasteiger partial charge in [0.15, 0.2) is 0 Å². The van der Waals surface area contributed by atoms with Crippen LogP contribution in [0.4, 0.5) is 0 Å². The highest BCUT2D eigenvalue weighted by Gasteiger charge is 2.43. The van der Waals surface area contributed by atoms with E-state index < -0.39 is 38.0 Å². The first kappa shape index (κ1) is 30.4. The second-order valence-electron chi connectivity index (χ2n) is 11.4. The van der Waals surface area contributed by atoms with Gasteiger partial charge in [-0.05, 0) is 63.1 Å². The predicted molar refractivity (Wildman–Crippen MR) is 146 cm³/mol. The largest absolute Gasteiger partial charge is 0.427 e. The molecule has 1 N–H and O–H groups in total. The number of carbonyl (C=O) groups excluding carboxylic acids is 3. The molecular weight excluding hydrogens is 505 g/mol. The molecular formula is C29H44NO7P. The van der Waals surface area contributed by atoms with Gasteiger partial charge >= 0.3 is 11.9 Å². The van der Waals surface area contributed by atoms with Gasteiger partial charge in [0.1, 0.15) is 6.04 Å². The van der Waals surface area contributed by atoms with Gasteiger partial charge in [-0.1, -0.05) is 62.4 Å². The molecule has 3 rings (SSSR count). The minimum absolute atomic E-state index is 0.0309. The summed E-state index contributed by atoms with van der Waals surface area (Å²) in [5, 5.41) is 9.31. The van der Waals surface area contributed by atoms with Crippen LogP contribution in [0, 0.1) is 17.3 Å². The van der Waals surface area contributed by atoms with Crippen molar-refractivity contribution < 1.29 is 33.5 Å². The quantitative estimate of drug-likeness (QED) is 0.168. The summed E-state index contributed by atoms with van der Waals surface area (Å²) < 4.78 is 23.1. The third-order valence-corrected chi connectivity index (χ3v) is 9.55. The number of unbranched alkanes of at least 4 members (excludes halogenated alkanes) is 1. The molecule has 2 aliphatic rings. The molecule has 8 nitrogen and oxygen atoms in total. The first-order valence-electron chi connectivity index (χ1n) is 14.0. The van der Waals surface area contributed by atoms with E-state index in [9.17, 15) is 24.1 Å². The van der Waals surface area contributed by atoms with Crippen LogP contribution in [-0.4, -0.2) is 66.2 Å². The highest BCUT2D eigenvalue weighted by atomic mass is 31.1. The average Bonchev–Trinajstić information content (AvgIpc) is 3.38. The van der Waals surface area contributed by atoms with Crippen molar-refractivity contribution in [2.75, 3.05) is 32.3 Å². The average molecular weight is 550 g/mol. The fourth-order valence-electron chi connectivity index (χ4n) is 5.47. The number of nitrogens with zero attached hydrogens (tertiary/aromatic N) is 1. The lowest BCUT2D eigenvalue weighted by molar-refractivity contribution is -0.178. The Hall–Kier alpha value is -2.18. The highest BCUT2D eigenvalue weighted by molar-refractivity contribution is 7.45. The van der Waals surface area contributed by atoms with Crippen molar-refractivity contribution in [2.45, 2.75) is 77.7 Å². The van der Waals surface area contributed by atoms with Crippen LogP contribution in [0.2, 0.25) is 0 Å². The number of aliphatic hydroxyl groups excluding tert-OH is 1. The lowest BCUT2D eigenvalue weighted by Gasteiger charge is -2.27. The second kappa shape index (κ2) is 14.8. The first-order chi connectivity index (χ1) is 18.2. The first-order valence-corrected chi connectivity index (χ1v) is 15.8. The second-order valence-corrected chi connectivity index (χ2v) is 13.3. The summed E-state index contributed by atoms with van der Waals surface area (Å²) in [5.74, 6) is -0.849. The van der Waals surface area contributed by atoms with Gasteiger partial charge in [0.05, 0.1) is 26.0 Å². The highest BCUT2D eigenvalue weighted by Crippen LogP contribution is 2.38. The van der Waals surface area contributed by atoms with E-state index in [2.05, 4.69) is 12.1 Å². The number of ether oxygens (including phenoxy) is 2. The van der Waals surface area contributed by atoms with E-state index in [1.54, 1.807) is 4.90 Å². The van der Waals surface area contributed by atoms with Crippen molar-refractivity contribution in [1.82, 2.24) is 4.90 Å². The summed E-state index contributed by atoms with van der Waals surface area (Å²) in [4.78, 5) is 39.9. The molecule has 0 radical (unpaired) electrons. The third kappa shape index (κ3) is 8.94. The predicted octanol–water partition coefficient (Wildman–Crippen LogP) is 4.43. The van der Waals surface area contributed by atoms with Crippen LogP contribution in [0.15, 0.2) is 30.3 Å². The Kier molecular flexibility index (Phi) is 11.9. The van der Waals surface area contributed by atoms with Crippen molar-refractivity contribution in [3.63, 3.8) is 0 Å². The van der Waals surface area contributed by atoms with E-state index in [4.69, 9.17) is 9.47 Å². The van der Waals surface area contributed by atoms with E-state index >= 15 is 0 Å². The Morgan fingerprint density at radius 3 is 2.42 bits per heavy atom.